The maximum absolute atomic E-state index is 13.6. The van der Waals surface area contributed by atoms with Gasteiger partial charge in [0, 0.05) is 11.6 Å². The van der Waals surface area contributed by atoms with Crippen molar-refractivity contribution in [2.45, 2.75) is 38.6 Å². The van der Waals surface area contributed by atoms with Crippen molar-refractivity contribution < 1.29 is 8.78 Å². The highest BCUT2D eigenvalue weighted by Crippen LogP contribution is 2.23. The second-order valence-corrected chi connectivity index (χ2v) is 4.96. The third kappa shape index (κ3) is 4.03. The minimum atomic E-state index is -0.470. The largest absolute Gasteiger partial charge is 0.317 e. The zero-order chi connectivity index (χ0) is 12.8. The first-order chi connectivity index (χ1) is 8.10. The van der Waals surface area contributed by atoms with E-state index in [9.17, 15) is 8.78 Å². The van der Waals surface area contributed by atoms with Gasteiger partial charge in [0.05, 0.1) is 4.47 Å². The molecule has 0 aromatic heterocycles. The highest BCUT2D eigenvalue weighted by molar-refractivity contribution is 9.10. The summed E-state index contributed by atoms with van der Waals surface area (Å²) in [4.78, 5) is 0. The molecule has 1 unspecified atom stereocenters. The fraction of sp³-hybridized carbons (Fsp3) is 0.538. The van der Waals surface area contributed by atoms with Gasteiger partial charge in [0.25, 0.3) is 0 Å². The molecule has 1 N–H and O–H groups in total. The molecule has 0 saturated carbocycles. The van der Waals surface area contributed by atoms with E-state index in [0.717, 1.165) is 19.3 Å². The van der Waals surface area contributed by atoms with Crippen molar-refractivity contribution in [2.75, 3.05) is 7.05 Å². The van der Waals surface area contributed by atoms with Crippen LogP contribution in [-0.4, -0.2) is 13.1 Å². The van der Waals surface area contributed by atoms with Gasteiger partial charge in [0.2, 0.25) is 0 Å². The molecule has 17 heavy (non-hydrogen) atoms. The van der Waals surface area contributed by atoms with Crippen molar-refractivity contribution in [3.63, 3.8) is 0 Å². The minimum absolute atomic E-state index is 0.185. The van der Waals surface area contributed by atoms with Gasteiger partial charge < -0.3 is 5.32 Å². The summed E-state index contributed by atoms with van der Waals surface area (Å²) in [5.41, 5.74) is 0.185. The molecule has 0 amide bonds. The van der Waals surface area contributed by atoms with E-state index >= 15 is 0 Å². The number of halogens is 3. The zero-order valence-corrected chi connectivity index (χ0v) is 11.8. The van der Waals surface area contributed by atoms with Crippen molar-refractivity contribution in [2.24, 2.45) is 0 Å². The predicted molar refractivity (Wildman–Crippen MR) is 70.1 cm³/mol. The molecule has 96 valence electrons. The third-order valence-electron chi connectivity index (χ3n) is 3.02. The van der Waals surface area contributed by atoms with Crippen LogP contribution in [0.3, 0.4) is 0 Å². The van der Waals surface area contributed by atoms with Gasteiger partial charge in [-0.2, -0.15) is 0 Å². The first kappa shape index (κ1) is 14.6. The van der Waals surface area contributed by atoms with E-state index in [0.29, 0.717) is 16.9 Å². The first-order valence-electron chi connectivity index (χ1n) is 5.89. The quantitative estimate of drug-likeness (QED) is 0.782. The van der Waals surface area contributed by atoms with Crippen molar-refractivity contribution in [1.82, 2.24) is 5.32 Å². The van der Waals surface area contributed by atoms with Gasteiger partial charge in [-0.15, -0.1) is 0 Å². The van der Waals surface area contributed by atoms with Crippen molar-refractivity contribution >= 4 is 15.9 Å². The summed E-state index contributed by atoms with van der Waals surface area (Å²) >= 11 is 3.07. The molecule has 1 atom stereocenters. The summed E-state index contributed by atoms with van der Waals surface area (Å²) in [6.07, 6.45) is 3.18. The molecular weight excluding hydrogens is 288 g/mol. The molecule has 0 bridgehead atoms. The Kier molecular flexibility index (Phi) is 6.06. The van der Waals surface area contributed by atoms with Crippen LogP contribution in [0.5, 0.6) is 0 Å². The van der Waals surface area contributed by atoms with E-state index in [4.69, 9.17) is 0 Å². The molecule has 0 fully saturated rings. The van der Waals surface area contributed by atoms with Crippen LogP contribution in [0.1, 0.15) is 31.7 Å². The van der Waals surface area contributed by atoms with Crippen LogP contribution in [0.4, 0.5) is 8.78 Å². The van der Waals surface area contributed by atoms with Crippen LogP contribution in [0, 0.1) is 11.6 Å². The van der Waals surface area contributed by atoms with Gasteiger partial charge >= 0.3 is 0 Å². The molecule has 1 rings (SSSR count). The second kappa shape index (κ2) is 7.07. The topological polar surface area (TPSA) is 12.0 Å². The molecular formula is C13H18BrF2N. The lowest BCUT2D eigenvalue weighted by Gasteiger charge is -2.13. The molecule has 0 aliphatic carbocycles. The Morgan fingerprint density at radius 3 is 2.65 bits per heavy atom. The third-order valence-corrected chi connectivity index (χ3v) is 3.63. The normalized spacial score (nSPS) is 12.8. The molecule has 0 aliphatic heterocycles. The maximum atomic E-state index is 13.6. The van der Waals surface area contributed by atoms with Gasteiger partial charge in [-0.05, 0) is 60.8 Å². The van der Waals surface area contributed by atoms with Crippen LogP contribution >= 0.6 is 15.9 Å². The first-order valence-corrected chi connectivity index (χ1v) is 6.69. The summed E-state index contributed by atoms with van der Waals surface area (Å²) in [6, 6.07) is 3.13. The van der Waals surface area contributed by atoms with Gasteiger partial charge in [-0.3, -0.25) is 0 Å². The lowest BCUT2D eigenvalue weighted by Crippen LogP contribution is -2.24. The van der Waals surface area contributed by atoms with E-state index in [2.05, 4.69) is 28.2 Å². The zero-order valence-electron chi connectivity index (χ0n) is 10.2. The molecule has 0 heterocycles. The summed E-state index contributed by atoms with van der Waals surface area (Å²) in [6.45, 7) is 2.10. The number of hydrogen-bond donors (Lipinski definition) is 1. The van der Waals surface area contributed by atoms with Crippen LogP contribution in [-0.2, 0) is 6.42 Å². The Morgan fingerprint density at radius 1 is 1.35 bits per heavy atom. The van der Waals surface area contributed by atoms with Crippen LogP contribution in [0.2, 0.25) is 0 Å². The number of nitrogens with one attached hydrogen (secondary N) is 1. The van der Waals surface area contributed by atoms with E-state index in [-0.39, 0.29) is 5.56 Å². The highest BCUT2D eigenvalue weighted by atomic mass is 79.9. The van der Waals surface area contributed by atoms with E-state index in [1.165, 1.54) is 12.1 Å². The van der Waals surface area contributed by atoms with Crippen LogP contribution in [0.15, 0.2) is 16.6 Å². The second-order valence-electron chi connectivity index (χ2n) is 4.11. The van der Waals surface area contributed by atoms with E-state index in [1.54, 1.807) is 0 Å². The Morgan fingerprint density at radius 2 is 2.06 bits per heavy atom. The van der Waals surface area contributed by atoms with Gasteiger partial charge in [0.15, 0.2) is 0 Å². The summed E-state index contributed by atoms with van der Waals surface area (Å²) in [7, 11) is 1.91. The number of rotatable bonds is 6. The summed E-state index contributed by atoms with van der Waals surface area (Å²) in [5, 5.41) is 3.18. The van der Waals surface area contributed by atoms with Gasteiger partial charge in [-0.25, -0.2) is 8.78 Å². The van der Waals surface area contributed by atoms with Gasteiger partial charge in [-0.1, -0.05) is 6.92 Å². The van der Waals surface area contributed by atoms with Crippen molar-refractivity contribution in [1.29, 1.82) is 0 Å². The Labute approximate surface area is 110 Å². The Bertz CT molecular complexity index is 365. The standard InChI is InChI=1S/C13H18BrF2N/c1-3-9(17-2)5-4-6-10-12(15)8-7-11(14)13(10)16/h7-9,17H,3-6H2,1-2H3. The monoisotopic (exact) mass is 305 g/mol. The summed E-state index contributed by atoms with van der Waals surface area (Å²) < 4.78 is 27.4. The Hall–Kier alpha value is -0.480. The molecule has 1 aromatic carbocycles. The van der Waals surface area contributed by atoms with Crippen LogP contribution in [0.25, 0.3) is 0 Å². The minimum Gasteiger partial charge on any atom is -0.317 e. The SMILES string of the molecule is CCC(CCCc1c(F)ccc(Br)c1F)NC. The van der Waals surface area contributed by atoms with Crippen molar-refractivity contribution in [3.8, 4) is 0 Å². The fourth-order valence-electron chi connectivity index (χ4n) is 1.88. The lowest BCUT2D eigenvalue weighted by atomic mass is 10.0. The lowest BCUT2D eigenvalue weighted by molar-refractivity contribution is 0.480. The van der Waals surface area contributed by atoms with E-state index in [1.807, 2.05) is 7.05 Å². The fourth-order valence-corrected chi connectivity index (χ4v) is 2.25. The molecule has 1 nitrogen and oxygen atoms in total. The predicted octanol–water partition coefficient (Wildman–Crippen LogP) is 4.05. The smallest absolute Gasteiger partial charge is 0.143 e. The molecule has 0 spiro atoms. The number of hydrogen-bond acceptors (Lipinski definition) is 1. The Balaban J connectivity index is 2.60. The molecule has 1 aromatic rings. The highest BCUT2D eigenvalue weighted by Gasteiger charge is 2.12. The summed E-state index contributed by atoms with van der Waals surface area (Å²) in [5.74, 6) is -0.925. The molecule has 0 saturated heterocycles. The average molecular weight is 306 g/mol. The molecule has 4 heteroatoms. The molecule has 0 radical (unpaired) electrons. The van der Waals surface area contributed by atoms with Crippen molar-refractivity contribution in [3.05, 3.63) is 33.8 Å². The van der Waals surface area contributed by atoms with E-state index < -0.39 is 11.6 Å². The number of benzene rings is 1. The maximum Gasteiger partial charge on any atom is 0.143 e. The van der Waals surface area contributed by atoms with Gasteiger partial charge in [0.1, 0.15) is 11.6 Å². The van der Waals surface area contributed by atoms with Crippen LogP contribution < -0.4 is 5.32 Å². The molecule has 0 aliphatic rings. The average Bonchev–Trinajstić information content (AvgIpc) is 2.33.